The van der Waals surface area contributed by atoms with Crippen molar-refractivity contribution in [1.29, 1.82) is 0 Å². The van der Waals surface area contributed by atoms with Gasteiger partial charge in [0.2, 0.25) is 0 Å². The molecule has 2 nitrogen and oxygen atoms in total. The Labute approximate surface area is 110 Å². The second-order valence-electron chi connectivity index (χ2n) is 4.11. The summed E-state index contributed by atoms with van der Waals surface area (Å²) >= 11 is 0. The fraction of sp³-hybridized carbons (Fsp3) is 0.200. The summed E-state index contributed by atoms with van der Waals surface area (Å²) in [6.07, 6.45) is 1.76. The van der Waals surface area contributed by atoms with Crippen LogP contribution in [0.1, 0.15) is 17.0 Å². The molecular formula is C15H18O2S. The molecule has 0 fully saturated rings. The van der Waals surface area contributed by atoms with Crippen LogP contribution in [-0.2, 0) is 10.8 Å². The highest BCUT2D eigenvalue weighted by molar-refractivity contribution is 7.84. The van der Waals surface area contributed by atoms with Crippen molar-refractivity contribution >= 4 is 10.8 Å². The summed E-state index contributed by atoms with van der Waals surface area (Å²) in [6.45, 7) is 0. The maximum absolute atomic E-state index is 11.5. The minimum Gasteiger partial charge on any atom is -0.412 e. The predicted octanol–water partition coefficient (Wildman–Crippen LogP) is 2.37. The largest absolute Gasteiger partial charge is 0.412 e. The molecule has 18 heavy (non-hydrogen) atoms. The highest BCUT2D eigenvalue weighted by atomic mass is 32.2. The van der Waals surface area contributed by atoms with Crippen LogP contribution in [0.2, 0.25) is 0 Å². The molecule has 2 rings (SSSR count). The topological polar surface area (TPSA) is 48.6 Å². The fourth-order valence-electron chi connectivity index (χ4n) is 1.99. The molecule has 2 aromatic rings. The van der Waals surface area contributed by atoms with Crippen LogP contribution in [0.3, 0.4) is 0 Å². The van der Waals surface area contributed by atoms with Crippen molar-refractivity contribution < 1.29 is 9.69 Å². The van der Waals surface area contributed by atoms with Gasteiger partial charge in [0.05, 0.1) is 0 Å². The lowest BCUT2D eigenvalue weighted by atomic mass is 9.93. The van der Waals surface area contributed by atoms with E-state index in [1.807, 2.05) is 36.4 Å². The summed E-state index contributed by atoms with van der Waals surface area (Å²) < 4.78 is 11.5. The van der Waals surface area contributed by atoms with Gasteiger partial charge in [0.1, 0.15) is 0 Å². The van der Waals surface area contributed by atoms with Crippen molar-refractivity contribution in [2.24, 2.45) is 0 Å². The van der Waals surface area contributed by atoms with Crippen molar-refractivity contribution in [2.45, 2.75) is 5.92 Å². The summed E-state index contributed by atoms with van der Waals surface area (Å²) in [5.41, 5.74) is 2.46. The van der Waals surface area contributed by atoms with E-state index < -0.39 is 10.8 Å². The fourth-order valence-corrected chi connectivity index (χ4v) is 2.84. The van der Waals surface area contributed by atoms with Crippen LogP contribution in [-0.4, -0.2) is 21.7 Å². The minimum atomic E-state index is -0.797. The summed E-state index contributed by atoms with van der Waals surface area (Å²) in [4.78, 5) is 0. The van der Waals surface area contributed by atoms with Gasteiger partial charge in [0, 0.05) is 28.7 Å². The molecule has 0 aliphatic rings. The molecule has 2 N–H and O–H groups in total. The average Bonchev–Trinajstić information content (AvgIpc) is 2.38. The zero-order valence-electron chi connectivity index (χ0n) is 10.4. The molecule has 96 valence electrons. The molecule has 0 saturated heterocycles. The molecule has 3 heteroatoms. The van der Waals surface area contributed by atoms with Crippen LogP contribution in [0.25, 0.3) is 0 Å². The Morgan fingerprint density at radius 3 is 1.61 bits per heavy atom. The first-order valence-electron chi connectivity index (χ1n) is 5.67. The Kier molecular flexibility index (Phi) is 5.75. The van der Waals surface area contributed by atoms with E-state index >= 15 is 0 Å². The van der Waals surface area contributed by atoms with Gasteiger partial charge in [0.25, 0.3) is 0 Å². The minimum absolute atomic E-state index is 0. The van der Waals surface area contributed by atoms with E-state index in [2.05, 4.69) is 24.3 Å². The van der Waals surface area contributed by atoms with Crippen molar-refractivity contribution in [2.75, 3.05) is 12.0 Å². The van der Waals surface area contributed by atoms with Gasteiger partial charge in [-0.05, 0) is 11.1 Å². The summed E-state index contributed by atoms with van der Waals surface area (Å²) in [5.74, 6) is 0.900. The number of rotatable bonds is 4. The van der Waals surface area contributed by atoms with Crippen molar-refractivity contribution in [1.82, 2.24) is 0 Å². The number of hydrogen-bond acceptors (Lipinski definition) is 1. The van der Waals surface area contributed by atoms with Gasteiger partial charge in [-0.15, -0.1) is 0 Å². The summed E-state index contributed by atoms with van der Waals surface area (Å²) in [5, 5.41) is 0. The molecule has 1 unspecified atom stereocenters. The predicted molar refractivity (Wildman–Crippen MR) is 77.3 cm³/mol. The lowest BCUT2D eigenvalue weighted by molar-refractivity contribution is 0.683. The van der Waals surface area contributed by atoms with Crippen LogP contribution in [0.15, 0.2) is 60.7 Å². The van der Waals surface area contributed by atoms with E-state index in [1.54, 1.807) is 6.26 Å². The number of hydrogen-bond donors (Lipinski definition) is 0. The summed E-state index contributed by atoms with van der Waals surface area (Å²) in [6, 6.07) is 20.6. The maximum atomic E-state index is 11.5. The van der Waals surface area contributed by atoms with E-state index in [0.717, 1.165) is 0 Å². The smallest absolute Gasteiger partial charge is 0.0341 e. The average molecular weight is 262 g/mol. The van der Waals surface area contributed by atoms with Crippen molar-refractivity contribution in [3.63, 3.8) is 0 Å². The molecule has 0 aliphatic carbocycles. The van der Waals surface area contributed by atoms with Crippen LogP contribution < -0.4 is 0 Å². The second-order valence-corrected chi connectivity index (χ2v) is 5.59. The number of benzene rings is 2. The Balaban J connectivity index is 0.00000162. The Morgan fingerprint density at radius 1 is 0.889 bits per heavy atom. The molecule has 0 amide bonds. The molecule has 2 aromatic carbocycles. The van der Waals surface area contributed by atoms with E-state index in [9.17, 15) is 4.21 Å². The highest BCUT2D eigenvalue weighted by Gasteiger charge is 2.14. The van der Waals surface area contributed by atoms with E-state index in [0.29, 0.717) is 5.75 Å². The van der Waals surface area contributed by atoms with Gasteiger partial charge < -0.3 is 5.48 Å². The molecule has 0 radical (unpaired) electrons. The van der Waals surface area contributed by atoms with Crippen LogP contribution in [0.5, 0.6) is 0 Å². The van der Waals surface area contributed by atoms with Gasteiger partial charge in [-0.3, -0.25) is 4.21 Å². The van der Waals surface area contributed by atoms with Gasteiger partial charge >= 0.3 is 0 Å². The van der Waals surface area contributed by atoms with Crippen LogP contribution in [0.4, 0.5) is 0 Å². The SMILES string of the molecule is CS(=O)CC(c1ccccc1)c1ccccc1.O. The molecule has 0 aliphatic heterocycles. The first-order valence-corrected chi connectivity index (χ1v) is 7.40. The third kappa shape index (κ3) is 3.79. The quantitative estimate of drug-likeness (QED) is 0.834. The Hall–Kier alpha value is -1.45. The van der Waals surface area contributed by atoms with Crippen LogP contribution >= 0.6 is 0 Å². The third-order valence-electron chi connectivity index (χ3n) is 2.81. The maximum Gasteiger partial charge on any atom is 0.0341 e. The van der Waals surface area contributed by atoms with Crippen molar-refractivity contribution in [3.05, 3.63) is 71.8 Å². The third-order valence-corrected chi connectivity index (χ3v) is 3.61. The first kappa shape index (κ1) is 14.6. The van der Waals surface area contributed by atoms with Gasteiger partial charge in [-0.1, -0.05) is 60.7 Å². The lowest BCUT2D eigenvalue weighted by Crippen LogP contribution is -2.10. The van der Waals surface area contributed by atoms with Gasteiger partial charge in [-0.2, -0.15) is 0 Å². The molecule has 1 atom stereocenters. The van der Waals surface area contributed by atoms with E-state index in [-0.39, 0.29) is 11.4 Å². The van der Waals surface area contributed by atoms with Gasteiger partial charge in [0.15, 0.2) is 0 Å². The molecule has 0 bridgehead atoms. The molecular weight excluding hydrogens is 244 g/mol. The van der Waals surface area contributed by atoms with E-state index in [4.69, 9.17) is 0 Å². The zero-order chi connectivity index (χ0) is 12.1. The lowest BCUT2D eigenvalue weighted by Gasteiger charge is -2.16. The monoisotopic (exact) mass is 262 g/mol. The van der Waals surface area contributed by atoms with Gasteiger partial charge in [-0.25, -0.2) is 0 Å². The summed E-state index contributed by atoms with van der Waals surface area (Å²) in [7, 11) is -0.797. The standard InChI is InChI=1S/C15H16OS.H2O/c1-17(16)12-15(13-8-4-2-5-9-13)14-10-6-3-7-11-14;/h2-11,15H,12H2,1H3;1H2. The zero-order valence-corrected chi connectivity index (χ0v) is 11.2. The molecule has 0 spiro atoms. The second kappa shape index (κ2) is 7.09. The normalized spacial score (nSPS) is 11.9. The molecule has 0 saturated carbocycles. The molecule has 0 aromatic heterocycles. The van der Waals surface area contributed by atoms with Crippen molar-refractivity contribution in [3.8, 4) is 0 Å². The van der Waals surface area contributed by atoms with Crippen LogP contribution in [0, 0.1) is 0 Å². The first-order chi connectivity index (χ1) is 8.27. The molecule has 0 heterocycles. The Morgan fingerprint density at radius 2 is 1.28 bits per heavy atom. The Bertz CT molecular complexity index is 443. The van der Waals surface area contributed by atoms with E-state index in [1.165, 1.54) is 11.1 Å². The highest BCUT2D eigenvalue weighted by Crippen LogP contribution is 2.24.